The van der Waals surface area contributed by atoms with Gasteiger partial charge in [0.1, 0.15) is 13.3 Å². The third kappa shape index (κ3) is 1.66. The van der Waals surface area contributed by atoms with Crippen LogP contribution < -0.4 is 0 Å². The number of hydroxylamine groups is 4. The highest BCUT2D eigenvalue weighted by Gasteiger charge is 2.11. The maximum atomic E-state index is 4.90. The normalized spacial score (nSPS) is 20.0. The molecular weight excluding hydrogens is 134 g/mol. The van der Waals surface area contributed by atoms with Crippen molar-refractivity contribution in [1.29, 1.82) is 0 Å². The van der Waals surface area contributed by atoms with Crippen molar-refractivity contribution < 1.29 is 9.68 Å². The van der Waals surface area contributed by atoms with Crippen LogP contribution in [0.1, 0.15) is 0 Å². The smallest absolute Gasteiger partial charge is 0.196 e. The topological polar surface area (TPSA) is 37.3 Å². The molecular formula is C5H10N3O2. The van der Waals surface area contributed by atoms with E-state index in [1.165, 1.54) is 5.06 Å². The fourth-order valence-corrected chi connectivity index (χ4v) is 0.623. The lowest BCUT2D eigenvalue weighted by molar-refractivity contribution is -0.208. The summed E-state index contributed by atoms with van der Waals surface area (Å²) >= 11 is 0. The minimum atomic E-state index is 0.510. The van der Waals surface area contributed by atoms with Crippen LogP contribution in [-0.4, -0.2) is 44.0 Å². The summed E-state index contributed by atoms with van der Waals surface area (Å²) in [7, 11) is 3.15. The third-order valence-electron chi connectivity index (χ3n) is 1.18. The molecule has 57 valence electrons. The van der Waals surface area contributed by atoms with E-state index in [0.717, 1.165) is 0 Å². The largest absolute Gasteiger partial charge is 0.299 e. The maximum Gasteiger partial charge on any atom is 0.196 e. The molecule has 0 spiro atoms. The van der Waals surface area contributed by atoms with Gasteiger partial charge in [-0.1, -0.05) is 0 Å². The monoisotopic (exact) mass is 144 g/mol. The van der Waals surface area contributed by atoms with Crippen LogP contribution in [0.5, 0.6) is 0 Å². The average molecular weight is 144 g/mol. The van der Waals surface area contributed by atoms with Gasteiger partial charge >= 0.3 is 0 Å². The van der Waals surface area contributed by atoms with Gasteiger partial charge in [-0.05, 0) is 0 Å². The highest BCUT2D eigenvalue weighted by Crippen LogP contribution is 1.97. The first kappa shape index (κ1) is 7.46. The molecule has 0 saturated heterocycles. The van der Waals surface area contributed by atoms with Gasteiger partial charge < -0.3 is 0 Å². The standard InChI is InChI=1S/C5H10N3O2/c1-9-7-3-6-4-8(5-7)10-2/h3,5H2,1-2H3. The van der Waals surface area contributed by atoms with E-state index in [-0.39, 0.29) is 0 Å². The van der Waals surface area contributed by atoms with Crippen LogP contribution >= 0.6 is 0 Å². The summed E-state index contributed by atoms with van der Waals surface area (Å²) in [6.07, 6.45) is 2.65. The number of hydrogen-bond donors (Lipinski definition) is 0. The average Bonchev–Trinajstić information content (AvgIpc) is 2.05. The van der Waals surface area contributed by atoms with Crippen molar-refractivity contribution in [2.45, 2.75) is 0 Å². The van der Waals surface area contributed by atoms with Crippen LogP contribution in [0.25, 0.3) is 0 Å². The van der Waals surface area contributed by atoms with Crippen LogP contribution in [0.2, 0.25) is 0 Å². The molecule has 5 nitrogen and oxygen atoms in total. The number of hydrogen-bond acceptors (Lipinski definition) is 5. The Bertz CT molecular complexity index is 128. The van der Waals surface area contributed by atoms with E-state index in [2.05, 4.69) is 11.3 Å². The van der Waals surface area contributed by atoms with Crippen LogP contribution in [-0.2, 0) is 9.68 Å². The molecule has 0 aromatic carbocycles. The zero-order valence-electron chi connectivity index (χ0n) is 6.07. The summed E-state index contributed by atoms with van der Waals surface area (Å²) < 4.78 is 0. The molecule has 1 aliphatic heterocycles. The van der Waals surface area contributed by atoms with Gasteiger partial charge in [0, 0.05) is 0 Å². The van der Waals surface area contributed by atoms with Crippen LogP contribution in [0.4, 0.5) is 0 Å². The predicted molar refractivity (Wildman–Crippen MR) is 34.9 cm³/mol. The third-order valence-corrected chi connectivity index (χ3v) is 1.18. The molecule has 1 rings (SSSR count). The van der Waals surface area contributed by atoms with Gasteiger partial charge in [0.2, 0.25) is 0 Å². The molecule has 0 aromatic heterocycles. The van der Waals surface area contributed by atoms with E-state index < -0.39 is 0 Å². The molecule has 10 heavy (non-hydrogen) atoms. The summed E-state index contributed by atoms with van der Waals surface area (Å²) in [6, 6.07) is 0. The second kappa shape index (κ2) is 3.50. The number of nitrogens with zero attached hydrogens (tertiary/aromatic N) is 3. The lowest BCUT2D eigenvalue weighted by Gasteiger charge is -2.26. The van der Waals surface area contributed by atoms with E-state index in [4.69, 9.17) is 9.68 Å². The van der Waals surface area contributed by atoms with Crippen molar-refractivity contribution in [3.05, 3.63) is 0 Å². The van der Waals surface area contributed by atoms with Crippen molar-refractivity contribution in [2.75, 3.05) is 27.6 Å². The number of aliphatic imine (C=N–C) groups is 1. The molecule has 1 radical (unpaired) electrons. The zero-order chi connectivity index (χ0) is 7.40. The van der Waals surface area contributed by atoms with Crippen molar-refractivity contribution >= 4 is 6.34 Å². The quantitative estimate of drug-likeness (QED) is 0.526. The zero-order valence-corrected chi connectivity index (χ0v) is 6.07. The molecule has 5 heteroatoms. The van der Waals surface area contributed by atoms with Crippen molar-refractivity contribution in [3.63, 3.8) is 0 Å². The molecule has 0 aliphatic carbocycles. The Morgan fingerprint density at radius 1 is 1.40 bits per heavy atom. The SMILES string of the molecule is CON1[C]=NCN(OC)C1. The van der Waals surface area contributed by atoms with Gasteiger partial charge in [0.25, 0.3) is 0 Å². The second-order valence-corrected chi connectivity index (χ2v) is 1.77. The fraction of sp³-hybridized carbons (Fsp3) is 0.800. The Morgan fingerprint density at radius 2 is 2.20 bits per heavy atom. The van der Waals surface area contributed by atoms with Crippen molar-refractivity contribution in [2.24, 2.45) is 4.99 Å². The van der Waals surface area contributed by atoms with Gasteiger partial charge in [0.15, 0.2) is 6.34 Å². The van der Waals surface area contributed by atoms with Gasteiger partial charge in [-0.25, -0.2) is 10.1 Å². The Balaban J connectivity index is 2.38. The van der Waals surface area contributed by atoms with E-state index in [9.17, 15) is 0 Å². The minimum absolute atomic E-state index is 0.510. The van der Waals surface area contributed by atoms with E-state index in [1.54, 1.807) is 19.3 Å². The molecule has 0 N–H and O–H groups in total. The minimum Gasteiger partial charge on any atom is -0.299 e. The second-order valence-electron chi connectivity index (χ2n) is 1.77. The fourth-order valence-electron chi connectivity index (χ4n) is 0.623. The summed E-state index contributed by atoms with van der Waals surface area (Å²) in [5, 5.41) is 3.09. The predicted octanol–water partition coefficient (Wildman–Crippen LogP) is -0.453. The Hall–Kier alpha value is -0.650. The van der Waals surface area contributed by atoms with Gasteiger partial charge in [-0.3, -0.25) is 9.68 Å². The van der Waals surface area contributed by atoms with Crippen LogP contribution in [0.3, 0.4) is 0 Å². The molecule has 1 aliphatic rings. The summed E-state index contributed by atoms with van der Waals surface area (Å²) in [4.78, 5) is 13.6. The first-order chi connectivity index (χ1) is 4.86. The summed E-state index contributed by atoms with van der Waals surface area (Å²) in [5.41, 5.74) is 0. The molecule has 0 atom stereocenters. The maximum absolute atomic E-state index is 4.90. The molecule has 0 saturated carbocycles. The van der Waals surface area contributed by atoms with Gasteiger partial charge in [-0.2, -0.15) is 0 Å². The highest BCUT2D eigenvalue weighted by atomic mass is 16.7. The van der Waals surface area contributed by atoms with E-state index in [0.29, 0.717) is 13.3 Å². The molecule has 0 fully saturated rings. The first-order valence-electron chi connectivity index (χ1n) is 2.89. The summed E-state index contributed by atoms with van der Waals surface area (Å²) in [5.74, 6) is 0. The first-order valence-corrected chi connectivity index (χ1v) is 2.89. The Kier molecular flexibility index (Phi) is 2.61. The highest BCUT2D eigenvalue weighted by molar-refractivity contribution is 5.53. The lowest BCUT2D eigenvalue weighted by atomic mass is 10.8. The molecule has 0 amide bonds. The van der Waals surface area contributed by atoms with Crippen molar-refractivity contribution in [3.8, 4) is 0 Å². The van der Waals surface area contributed by atoms with Gasteiger partial charge in [0.05, 0.1) is 14.2 Å². The molecule has 0 aromatic rings. The van der Waals surface area contributed by atoms with Crippen molar-refractivity contribution in [1.82, 2.24) is 10.1 Å². The molecule has 0 bridgehead atoms. The van der Waals surface area contributed by atoms with Gasteiger partial charge in [-0.15, -0.1) is 5.06 Å². The summed E-state index contributed by atoms with van der Waals surface area (Å²) in [6.45, 7) is 1.05. The molecule has 0 unspecified atom stereocenters. The Labute approximate surface area is 59.7 Å². The lowest BCUT2D eigenvalue weighted by Crippen LogP contribution is -2.39. The van der Waals surface area contributed by atoms with E-state index >= 15 is 0 Å². The van der Waals surface area contributed by atoms with Crippen LogP contribution in [0.15, 0.2) is 4.99 Å². The van der Waals surface area contributed by atoms with E-state index in [1.807, 2.05) is 0 Å². The Morgan fingerprint density at radius 3 is 2.80 bits per heavy atom. The number of rotatable bonds is 2. The molecule has 1 heterocycles. The van der Waals surface area contributed by atoms with Crippen LogP contribution in [0, 0.1) is 0 Å².